The van der Waals surface area contributed by atoms with Crippen molar-refractivity contribution in [2.45, 2.75) is 58.7 Å². The second kappa shape index (κ2) is 9.06. The number of aromatic hydroxyl groups is 1. The Morgan fingerprint density at radius 1 is 1.12 bits per heavy atom. The molecule has 0 bridgehead atoms. The first-order valence-electron chi connectivity index (χ1n) is 11.2. The van der Waals surface area contributed by atoms with Crippen LogP contribution >= 0.6 is 0 Å². The molecule has 0 saturated carbocycles. The average Bonchev–Trinajstić information content (AvgIpc) is 3.31. The predicted octanol–water partition coefficient (Wildman–Crippen LogP) is 1.92. The number of nitrogens with one attached hydrogen (secondary N) is 2. The van der Waals surface area contributed by atoms with E-state index in [1.54, 1.807) is 32.0 Å². The number of phenolic OH excluding ortho intramolecular Hbond substituents is 1. The lowest BCUT2D eigenvalue weighted by molar-refractivity contribution is -0.140. The summed E-state index contributed by atoms with van der Waals surface area (Å²) in [6.45, 7) is 6.95. The molecule has 4 rings (SSSR count). The Morgan fingerprint density at radius 2 is 1.85 bits per heavy atom. The van der Waals surface area contributed by atoms with Crippen molar-refractivity contribution >= 4 is 11.8 Å². The smallest absolute Gasteiger partial charge is 0.264 e. The van der Waals surface area contributed by atoms with Crippen molar-refractivity contribution in [2.75, 3.05) is 13.4 Å². The van der Waals surface area contributed by atoms with Gasteiger partial charge in [-0.25, -0.2) is 0 Å². The van der Waals surface area contributed by atoms with Crippen LogP contribution in [-0.2, 0) is 22.6 Å². The van der Waals surface area contributed by atoms with Gasteiger partial charge in [-0.15, -0.1) is 0 Å². The van der Waals surface area contributed by atoms with Crippen molar-refractivity contribution in [3.05, 3.63) is 46.0 Å². The number of rotatable bonds is 6. The summed E-state index contributed by atoms with van der Waals surface area (Å²) in [7, 11) is 0. The molecule has 0 aliphatic carbocycles. The van der Waals surface area contributed by atoms with Gasteiger partial charge in [-0.05, 0) is 68.5 Å². The minimum atomic E-state index is -1.22. The highest BCUT2D eigenvalue weighted by Gasteiger charge is 2.42. The SMILES string of the molecule is Cc1c(C)c2c(c(C)c1O)CCC(C)(C(=O)NC(CO)C(=O)NCc1ccc3c(c1)OCO3)O2. The van der Waals surface area contributed by atoms with E-state index in [4.69, 9.17) is 14.2 Å². The predicted molar refractivity (Wildman–Crippen MR) is 123 cm³/mol. The minimum Gasteiger partial charge on any atom is -0.507 e. The van der Waals surface area contributed by atoms with E-state index in [0.717, 1.165) is 22.3 Å². The zero-order valence-electron chi connectivity index (χ0n) is 19.8. The Kier molecular flexibility index (Phi) is 6.31. The fraction of sp³-hybridized carbons (Fsp3) is 0.440. The van der Waals surface area contributed by atoms with Gasteiger partial charge in [0.25, 0.3) is 5.91 Å². The molecule has 9 nitrogen and oxygen atoms in total. The average molecular weight is 471 g/mol. The molecule has 0 spiro atoms. The quantitative estimate of drug-likeness (QED) is 0.508. The molecule has 2 aliphatic rings. The number of aliphatic hydroxyl groups excluding tert-OH is 1. The first-order valence-corrected chi connectivity index (χ1v) is 11.2. The van der Waals surface area contributed by atoms with E-state index in [9.17, 15) is 19.8 Å². The standard InChI is InChI=1S/C25H30N2O7/c1-13-14(2)22-17(15(3)21(13)29)7-8-25(4,34-22)24(31)27-18(11-28)23(30)26-10-16-5-6-19-20(9-16)33-12-32-19/h5-6,9,18,28-29H,7-8,10-12H2,1-4H3,(H,26,30)(H,27,31). The highest BCUT2D eigenvalue weighted by atomic mass is 16.7. The second-order valence-corrected chi connectivity index (χ2v) is 8.98. The Balaban J connectivity index is 1.42. The van der Waals surface area contributed by atoms with Crippen LogP contribution in [0, 0.1) is 20.8 Å². The maximum absolute atomic E-state index is 13.1. The van der Waals surface area contributed by atoms with Gasteiger partial charge in [-0.3, -0.25) is 9.59 Å². The molecule has 182 valence electrons. The number of hydrogen-bond donors (Lipinski definition) is 4. The van der Waals surface area contributed by atoms with E-state index in [0.29, 0.717) is 35.7 Å². The third kappa shape index (κ3) is 4.23. The summed E-state index contributed by atoms with van der Waals surface area (Å²) in [6, 6.07) is 4.21. The van der Waals surface area contributed by atoms with Crippen molar-refractivity contribution < 1.29 is 34.0 Å². The van der Waals surface area contributed by atoms with Crippen LogP contribution in [0.5, 0.6) is 23.0 Å². The van der Waals surface area contributed by atoms with Crippen LogP contribution in [-0.4, -0.2) is 47.1 Å². The Labute approximate surface area is 198 Å². The van der Waals surface area contributed by atoms with Crippen LogP contribution in [0.1, 0.15) is 41.2 Å². The van der Waals surface area contributed by atoms with Crippen LogP contribution in [0.15, 0.2) is 18.2 Å². The Bertz CT molecular complexity index is 1150. The number of carbonyl (C=O) groups excluding carboxylic acids is 2. The van der Waals surface area contributed by atoms with Crippen molar-refractivity contribution in [1.82, 2.24) is 10.6 Å². The molecule has 2 aliphatic heterocycles. The molecule has 2 aromatic carbocycles. The molecule has 2 amide bonds. The lowest BCUT2D eigenvalue weighted by atomic mass is 9.86. The third-order valence-electron chi connectivity index (χ3n) is 6.71. The molecule has 2 atom stereocenters. The molecule has 34 heavy (non-hydrogen) atoms. The summed E-state index contributed by atoms with van der Waals surface area (Å²) >= 11 is 0. The number of carbonyl (C=O) groups is 2. The summed E-state index contributed by atoms with van der Waals surface area (Å²) in [5, 5.41) is 25.5. The molecule has 2 heterocycles. The van der Waals surface area contributed by atoms with Crippen LogP contribution in [0.2, 0.25) is 0 Å². The fourth-order valence-corrected chi connectivity index (χ4v) is 4.28. The molecule has 2 unspecified atom stereocenters. The molecule has 4 N–H and O–H groups in total. The van der Waals surface area contributed by atoms with Crippen molar-refractivity contribution in [3.8, 4) is 23.0 Å². The zero-order valence-corrected chi connectivity index (χ0v) is 19.8. The first-order chi connectivity index (χ1) is 16.1. The molecular weight excluding hydrogens is 440 g/mol. The van der Waals surface area contributed by atoms with E-state index < -0.39 is 30.1 Å². The maximum Gasteiger partial charge on any atom is 0.264 e. The number of aliphatic hydroxyl groups is 1. The summed E-state index contributed by atoms with van der Waals surface area (Å²) in [4.78, 5) is 25.8. The third-order valence-corrected chi connectivity index (χ3v) is 6.71. The van der Waals surface area contributed by atoms with E-state index in [-0.39, 0.29) is 19.1 Å². The molecule has 9 heteroatoms. The maximum atomic E-state index is 13.1. The van der Waals surface area contributed by atoms with Crippen LogP contribution in [0.4, 0.5) is 0 Å². The molecule has 0 saturated heterocycles. The van der Waals surface area contributed by atoms with Gasteiger partial charge in [0.1, 0.15) is 17.5 Å². The van der Waals surface area contributed by atoms with Gasteiger partial charge in [-0.2, -0.15) is 0 Å². The van der Waals surface area contributed by atoms with Gasteiger partial charge in [0.15, 0.2) is 17.1 Å². The number of benzene rings is 2. The van der Waals surface area contributed by atoms with Gasteiger partial charge >= 0.3 is 0 Å². The summed E-state index contributed by atoms with van der Waals surface area (Å²) in [5.41, 5.74) is 2.68. The summed E-state index contributed by atoms with van der Waals surface area (Å²) < 4.78 is 16.8. The van der Waals surface area contributed by atoms with Gasteiger partial charge < -0.3 is 35.1 Å². The Morgan fingerprint density at radius 3 is 2.59 bits per heavy atom. The molecule has 0 fully saturated rings. The topological polar surface area (TPSA) is 126 Å². The summed E-state index contributed by atoms with van der Waals surface area (Å²) in [5.74, 6) is 1.08. The van der Waals surface area contributed by atoms with Gasteiger partial charge in [0.2, 0.25) is 12.7 Å². The van der Waals surface area contributed by atoms with Crippen LogP contribution < -0.4 is 24.8 Å². The van der Waals surface area contributed by atoms with Gasteiger partial charge in [0.05, 0.1) is 6.61 Å². The van der Waals surface area contributed by atoms with Crippen LogP contribution in [0.3, 0.4) is 0 Å². The number of ether oxygens (including phenoxy) is 3. The number of amides is 2. The number of hydrogen-bond acceptors (Lipinski definition) is 7. The number of phenols is 1. The minimum absolute atomic E-state index is 0.162. The van der Waals surface area contributed by atoms with E-state index in [1.165, 1.54) is 0 Å². The molecular formula is C25H30N2O7. The van der Waals surface area contributed by atoms with E-state index in [2.05, 4.69) is 10.6 Å². The highest BCUT2D eigenvalue weighted by molar-refractivity contribution is 5.92. The second-order valence-electron chi connectivity index (χ2n) is 8.98. The van der Waals surface area contributed by atoms with Gasteiger partial charge in [-0.1, -0.05) is 6.07 Å². The molecule has 2 aromatic rings. The molecule has 0 aromatic heterocycles. The lowest BCUT2D eigenvalue weighted by Gasteiger charge is -2.37. The monoisotopic (exact) mass is 470 g/mol. The largest absolute Gasteiger partial charge is 0.507 e. The van der Waals surface area contributed by atoms with Crippen molar-refractivity contribution in [3.63, 3.8) is 0 Å². The highest BCUT2D eigenvalue weighted by Crippen LogP contribution is 2.43. The van der Waals surface area contributed by atoms with Crippen molar-refractivity contribution in [1.29, 1.82) is 0 Å². The van der Waals surface area contributed by atoms with Gasteiger partial charge in [0, 0.05) is 18.5 Å². The molecule has 0 radical (unpaired) electrons. The first kappa shape index (κ1) is 23.7. The normalized spacial score (nSPS) is 19.1. The number of fused-ring (bicyclic) bond motifs is 2. The Hall–Kier alpha value is -3.46. The van der Waals surface area contributed by atoms with Crippen LogP contribution in [0.25, 0.3) is 0 Å². The van der Waals surface area contributed by atoms with E-state index in [1.807, 2.05) is 13.8 Å². The zero-order chi connectivity index (χ0) is 24.6. The summed E-state index contributed by atoms with van der Waals surface area (Å²) in [6.07, 6.45) is 0.908. The van der Waals surface area contributed by atoms with E-state index >= 15 is 0 Å². The lowest BCUT2D eigenvalue weighted by Crippen LogP contribution is -2.57. The van der Waals surface area contributed by atoms with Crippen molar-refractivity contribution in [2.24, 2.45) is 0 Å². The fourth-order valence-electron chi connectivity index (χ4n) is 4.28.